The molecule has 116 valence electrons. The Morgan fingerprint density at radius 2 is 2.20 bits per heavy atom. The van der Waals surface area contributed by atoms with Gasteiger partial charge in [-0.05, 0) is 32.2 Å². The lowest BCUT2D eigenvalue weighted by Gasteiger charge is -2.35. The summed E-state index contributed by atoms with van der Waals surface area (Å²) in [5.74, 6) is 1.46. The Labute approximate surface area is 123 Å². The van der Waals surface area contributed by atoms with E-state index in [-0.39, 0.29) is 6.10 Å². The summed E-state index contributed by atoms with van der Waals surface area (Å²) >= 11 is 0. The Balaban J connectivity index is 1.73. The van der Waals surface area contributed by atoms with Crippen molar-refractivity contribution in [3.8, 4) is 0 Å². The quantitative estimate of drug-likeness (QED) is 0.598. The summed E-state index contributed by atoms with van der Waals surface area (Å²) in [7, 11) is 1.82. The molecule has 2 rings (SSSR count). The van der Waals surface area contributed by atoms with E-state index in [1.54, 1.807) is 0 Å². The van der Waals surface area contributed by atoms with Gasteiger partial charge in [-0.25, -0.2) is 0 Å². The number of fused-ring (bicyclic) bond motifs is 1. The van der Waals surface area contributed by atoms with E-state index in [1.165, 1.54) is 19.4 Å². The molecule has 0 saturated carbocycles. The highest BCUT2D eigenvalue weighted by molar-refractivity contribution is 5.79. The molecule has 5 heteroatoms. The molecule has 2 heterocycles. The smallest absolute Gasteiger partial charge is 0.191 e. The number of rotatable bonds is 4. The number of ether oxygens (including phenoxy) is 1. The molecular formula is C15H30N4O. The van der Waals surface area contributed by atoms with Gasteiger partial charge in [0.15, 0.2) is 5.96 Å². The topological polar surface area (TPSA) is 48.9 Å². The molecule has 0 aromatic carbocycles. The molecule has 2 saturated heterocycles. The number of nitrogens with one attached hydrogen (secondary N) is 2. The normalized spacial score (nSPS) is 29.4. The SMILES string of the molecule is CN=C(NCC1CN2CCCC2CO1)NC(C)C(C)C. The van der Waals surface area contributed by atoms with Crippen LogP contribution in [0.25, 0.3) is 0 Å². The average molecular weight is 282 g/mol. The van der Waals surface area contributed by atoms with Gasteiger partial charge in [0.1, 0.15) is 0 Å². The zero-order valence-corrected chi connectivity index (χ0v) is 13.4. The van der Waals surface area contributed by atoms with Crippen LogP contribution in [0.1, 0.15) is 33.6 Å². The van der Waals surface area contributed by atoms with Crippen LogP contribution in [-0.2, 0) is 4.74 Å². The maximum absolute atomic E-state index is 5.95. The zero-order valence-electron chi connectivity index (χ0n) is 13.4. The molecular weight excluding hydrogens is 252 g/mol. The molecule has 0 aromatic rings. The van der Waals surface area contributed by atoms with Crippen LogP contribution in [0.4, 0.5) is 0 Å². The van der Waals surface area contributed by atoms with Crippen molar-refractivity contribution in [1.29, 1.82) is 0 Å². The van der Waals surface area contributed by atoms with E-state index in [0.717, 1.165) is 25.7 Å². The highest BCUT2D eigenvalue weighted by Crippen LogP contribution is 2.22. The van der Waals surface area contributed by atoms with Crippen LogP contribution < -0.4 is 10.6 Å². The van der Waals surface area contributed by atoms with Gasteiger partial charge in [0.25, 0.3) is 0 Å². The van der Waals surface area contributed by atoms with Gasteiger partial charge >= 0.3 is 0 Å². The molecule has 2 fully saturated rings. The summed E-state index contributed by atoms with van der Waals surface area (Å²) in [6.07, 6.45) is 2.90. The third-order valence-corrected chi connectivity index (χ3v) is 4.55. The first-order chi connectivity index (χ1) is 9.60. The molecule has 5 nitrogen and oxygen atoms in total. The molecule has 0 aromatic heterocycles. The number of aliphatic imine (C=N–C) groups is 1. The fourth-order valence-corrected chi connectivity index (χ4v) is 2.80. The van der Waals surface area contributed by atoms with Crippen molar-refractivity contribution in [2.45, 2.75) is 51.8 Å². The predicted octanol–water partition coefficient (Wildman–Crippen LogP) is 1.06. The number of nitrogens with zero attached hydrogens (tertiary/aromatic N) is 2. The Morgan fingerprint density at radius 1 is 1.40 bits per heavy atom. The largest absolute Gasteiger partial charge is 0.373 e. The molecule has 3 unspecified atom stereocenters. The Hall–Kier alpha value is -0.810. The Bertz CT molecular complexity index is 332. The molecule has 0 bridgehead atoms. The van der Waals surface area contributed by atoms with E-state index >= 15 is 0 Å². The fraction of sp³-hybridized carbons (Fsp3) is 0.933. The van der Waals surface area contributed by atoms with Crippen molar-refractivity contribution in [2.24, 2.45) is 10.9 Å². The van der Waals surface area contributed by atoms with Crippen molar-refractivity contribution in [3.63, 3.8) is 0 Å². The Kier molecular flexibility index (Phi) is 5.66. The zero-order chi connectivity index (χ0) is 14.5. The lowest BCUT2D eigenvalue weighted by Crippen LogP contribution is -2.52. The van der Waals surface area contributed by atoms with Gasteiger partial charge in [-0.1, -0.05) is 13.8 Å². The monoisotopic (exact) mass is 282 g/mol. The molecule has 2 aliphatic heterocycles. The Morgan fingerprint density at radius 3 is 2.90 bits per heavy atom. The van der Waals surface area contributed by atoms with E-state index in [1.807, 2.05) is 7.05 Å². The third kappa shape index (κ3) is 4.09. The maximum Gasteiger partial charge on any atom is 0.191 e. The summed E-state index contributed by atoms with van der Waals surface area (Å²) in [6.45, 7) is 10.6. The summed E-state index contributed by atoms with van der Waals surface area (Å²) in [5.41, 5.74) is 0. The maximum atomic E-state index is 5.95. The lowest BCUT2D eigenvalue weighted by molar-refractivity contribution is -0.0453. The van der Waals surface area contributed by atoms with Crippen molar-refractivity contribution < 1.29 is 4.74 Å². The molecule has 3 atom stereocenters. The predicted molar refractivity (Wildman–Crippen MR) is 83.1 cm³/mol. The number of hydrogen-bond donors (Lipinski definition) is 2. The van der Waals surface area contributed by atoms with Crippen LogP contribution >= 0.6 is 0 Å². The molecule has 0 spiro atoms. The van der Waals surface area contributed by atoms with Crippen molar-refractivity contribution in [2.75, 3.05) is 33.3 Å². The van der Waals surface area contributed by atoms with Crippen molar-refractivity contribution >= 4 is 5.96 Å². The van der Waals surface area contributed by atoms with Crippen LogP contribution in [0, 0.1) is 5.92 Å². The van der Waals surface area contributed by atoms with Crippen molar-refractivity contribution in [1.82, 2.24) is 15.5 Å². The molecule has 0 amide bonds. The minimum atomic E-state index is 0.275. The average Bonchev–Trinajstić information content (AvgIpc) is 2.90. The molecule has 0 radical (unpaired) electrons. The van der Waals surface area contributed by atoms with Gasteiger partial charge in [0, 0.05) is 32.2 Å². The van der Waals surface area contributed by atoms with Crippen molar-refractivity contribution in [3.05, 3.63) is 0 Å². The first-order valence-corrected chi connectivity index (χ1v) is 7.93. The summed E-state index contributed by atoms with van der Waals surface area (Å²) in [4.78, 5) is 6.86. The second kappa shape index (κ2) is 7.27. The third-order valence-electron chi connectivity index (χ3n) is 4.55. The first-order valence-electron chi connectivity index (χ1n) is 7.93. The van der Waals surface area contributed by atoms with E-state index in [4.69, 9.17) is 4.74 Å². The van der Waals surface area contributed by atoms with Crippen LogP contribution in [-0.4, -0.2) is 62.3 Å². The number of morpholine rings is 1. The van der Waals surface area contributed by atoms with E-state index < -0.39 is 0 Å². The second-order valence-corrected chi connectivity index (χ2v) is 6.38. The summed E-state index contributed by atoms with van der Waals surface area (Å²) in [5, 5.41) is 6.81. The standard InChI is InChI=1S/C15H30N4O/c1-11(2)12(3)18-15(16-4)17-8-14-9-19-7-5-6-13(19)10-20-14/h11-14H,5-10H2,1-4H3,(H2,16,17,18). The van der Waals surface area contributed by atoms with Gasteiger partial charge in [0.2, 0.25) is 0 Å². The van der Waals surface area contributed by atoms with Crippen LogP contribution in [0.5, 0.6) is 0 Å². The molecule has 20 heavy (non-hydrogen) atoms. The van der Waals surface area contributed by atoms with Gasteiger partial charge in [-0.15, -0.1) is 0 Å². The van der Waals surface area contributed by atoms with E-state index in [2.05, 4.69) is 41.3 Å². The number of hydrogen-bond acceptors (Lipinski definition) is 3. The molecule has 2 aliphatic rings. The van der Waals surface area contributed by atoms with Gasteiger partial charge in [0.05, 0.1) is 12.7 Å². The minimum Gasteiger partial charge on any atom is -0.373 e. The lowest BCUT2D eigenvalue weighted by atomic mass is 10.1. The molecule has 0 aliphatic carbocycles. The van der Waals surface area contributed by atoms with Gasteiger partial charge in [-0.2, -0.15) is 0 Å². The second-order valence-electron chi connectivity index (χ2n) is 6.38. The fourth-order valence-electron chi connectivity index (χ4n) is 2.80. The van der Waals surface area contributed by atoms with Gasteiger partial charge in [-0.3, -0.25) is 9.89 Å². The minimum absolute atomic E-state index is 0.275. The van der Waals surface area contributed by atoms with E-state index in [9.17, 15) is 0 Å². The van der Waals surface area contributed by atoms with E-state index in [0.29, 0.717) is 18.0 Å². The highest BCUT2D eigenvalue weighted by atomic mass is 16.5. The van der Waals surface area contributed by atoms with Crippen LogP contribution in [0.15, 0.2) is 4.99 Å². The molecule has 2 N–H and O–H groups in total. The highest BCUT2D eigenvalue weighted by Gasteiger charge is 2.32. The van der Waals surface area contributed by atoms with Gasteiger partial charge < -0.3 is 15.4 Å². The summed E-state index contributed by atoms with van der Waals surface area (Å²) < 4.78 is 5.95. The number of guanidine groups is 1. The first kappa shape index (κ1) is 15.6. The van der Waals surface area contributed by atoms with Crippen LogP contribution in [0.3, 0.4) is 0 Å². The van der Waals surface area contributed by atoms with Crippen LogP contribution in [0.2, 0.25) is 0 Å². The summed E-state index contributed by atoms with van der Waals surface area (Å²) in [6, 6.07) is 1.08.